The van der Waals surface area contributed by atoms with E-state index >= 15 is 0 Å². The SMILES string of the molecule is CN1CCCC(NCC2COCCN2C(=O)OC(C)(C)C)C1. The summed E-state index contributed by atoms with van der Waals surface area (Å²) in [5.74, 6) is 0. The van der Waals surface area contributed by atoms with Gasteiger partial charge in [-0.1, -0.05) is 0 Å². The van der Waals surface area contributed by atoms with Crippen LogP contribution in [0.2, 0.25) is 0 Å². The molecule has 1 amide bonds. The van der Waals surface area contributed by atoms with Crippen LogP contribution in [0.1, 0.15) is 33.6 Å². The third kappa shape index (κ3) is 5.41. The molecule has 0 saturated carbocycles. The summed E-state index contributed by atoms with van der Waals surface area (Å²) in [7, 11) is 2.16. The number of hydrogen-bond donors (Lipinski definition) is 1. The van der Waals surface area contributed by atoms with Gasteiger partial charge in [0.25, 0.3) is 0 Å². The summed E-state index contributed by atoms with van der Waals surface area (Å²) in [6.45, 7) is 10.5. The van der Waals surface area contributed by atoms with Crippen LogP contribution in [0, 0.1) is 0 Å². The van der Waals surface area contributed by atoms with Crippen molar-refractivity contribution in [3.05, 3.63) is 0 Å². The Kier molecular flexibility index (Phi) is 6.06. The molecule has 0 aromatic carbocycles. The third-order valence-electron chi connectivity index (χ3n) is 4.12. The molecule has 6 nitrogen and oxygen atoms in total. The van der Waals surface area contributed by atoms with Crippen LogP contribution < -0.4 is 5.32 Å². The van der Waals surface area contributed by atoms with Crippen molar-refractivity contribution >= 4 is 6.09 Å². The summed E-state index contributed by atoms with van der Waals surface area (Å²) in [6.07, 6.45) is 2.19. The normalized spacial score (nSPS) is 27.7. The number of nitrogens with zero attached hydrogens (tertiary/aromatic N) is 2. The van der Waals surface area contributed by atoms with Crippen molar-refractivity contribution in [3.63, 3.8) is 0 Å². The van der Waals surface area contributed by atoms with Gasteiger partial charge in [0.15, 0.2) is 0 Å². The van der Waals surface area contributed by atoms with Crippen molar-refractivity contribution in [1.82, 2.24) is 15.1 Å². The zero-order valence-electron chi connectivity index (χ0n) is 14.4. The number of likely N-dealkylation sites (N-methyl/N-ethyl adjacent to an activating group) is 1. The van der Waals surface area contributed by atoms with Crippen LogP contribution in [0.5, 0.6) is 0 Å². The number of carbonyl (C=O) groups is 1. The highest BCUT2D eigenvalue weighted by atomic mass is 16.6. The van der Waals surface area contributed by atoms with Gasteiger partial charge in [0.05, 0.1) is 19.3 Å². The lowest BCUT2D eigenvalue weighted by Gasteiger charge is -2.38. The Hall–Kier alpha value is -0.850. The zero-order valence-corrected chi connectivity index (χ0v) is 14.4. The molecule has 2 atom stereocenters. The first-order chi connectivity index (χ1) is 10.3. The first-order valence-corrected chi connectivity index (χ1v) is 8.34. The highest BCUT2D eigenvalue weighted by Gasteiger charge is 2.31. The Morgan fingerprint density at radius 1 is 1.36 bits per heavy atom. The molecule has 1 N–H and O–H groups in total. The highest BCUT2D eigenvalue weighted by molar-refractivity contribution is 5.68. The molecule has 2 aliphatic rings. The maximum atomic E-state index is 12.3. The van der Waals surface area contributed by atoms with Crippen LogP contribution in [-0.4, -0.2) is 80.0 Å². The smallest absolute Gasteiger partial charge is 0.410 e. The van der Waals surface area contributed by atoms with Gasteiger partial charge in [0, 0.05) is 25.7 Å². The molecule has 0 aromatic heterocycles. The van der Waals surface area contributed by atoms with Crippen LogP contribution >= 0.6 is 0 Å². The Balaban J connectivity index is 1.85. The molecule has 0 bridgehead atoms. The summed E-state index contributed by atoms with van der Waals surface area (Å²) in [5, 5.41) is 3.60. The minimum Gasteiger partial charge on any atom is -0.444 e. The molecule has 6 heteroatoms. The minimum absolute atomic E-state index is 0.0517. The van der Waals surface area contributed by atoms with E-state index in [1.807, 2.05) is 25.7 Å². The van der Waals surface area contributed by atoms with Crippen molar-refractivity contribution in [2.45, 2.75) is 51.3 Å². The van der Waals surface area contributed by atoms with Gasteiger partial charge >= 0.3 is 6.09 Å². The summed E-state index contributed by atoms with van der Waals surface area (Å²) in [5.41, 5.74) is -0.459. The van der Waals surface area contributed by atoms with Crippen LogP contribution in [0.3, 0.4) is 0 Å². The van der Waals surface area contributed by atoms with E-state index in [0.29, 0.717) is 25.8 Å². The number of amides is 1. The lowest BCUT2D eigenvalue weighted by molar-refractivity contribution is -0.0325. The van der Waals surface area contributed by atoms with E-state index in [9.17, 15) is 4.79 Å². The molecule has 2 fully saturated rings. The second kappa shape index (κ2) is 7.62. The van der Waals surface area contributed by atoms with E-state index in [-0.39, 0.29) is 12.1 Å². The maximum absolute atomic E-state index is 12.3. The van der Waals surface area contributed by atoms with Gasteiger partial charge in [-0.2, -0.15) is 0 Å². The zero-order chi connectivity index (χ0) is 16.2. The Morgan fingerprint density at radius 3 is 2.82 bits per heavy atom. The molecule has 22 heavy (non-hydrogen) atoms. The highest BCUT2D eigenvalue weighted by Crippen LogP contribution is 2.15. The second-order valence-electron chi connectivity index (χ2n) is 7.41. The molecule has 2 saturated heterocycles. The molecule has 0 radical (unpaired) electrons. The summed E-state index contributed by atoms with van der Waals surface area (Å²) in [6, 6.07) is 0.553. The van der Waals surface area contributed by atoms with Crippen LogP contribution in [-0.2, 0) is 9.47 Å². The van der Waals surface area contributed by atoms with Crippen molar-refractivity contribution in [1.29, 1.82) is 0 Å². The molecule has 2 unspecified atom stereocenters. The molecule has 128 valence electrons. The van der Waals surface area contributed by atoms with Crippen molar-refractivity contribution in [2.24, 2.45) is 0 Å². The summed E-state index contributed by atoms with van der Waals surface area (Å²) in [4.78, 5) is 16.5. The van der Waals surface area contributed by atoms with Crippen molar-refractivity contribution < 1.29 is 14.3 Å². The number of morpholine rings is 1. The van der Waals surface area contributed by atoms with Gasteiger partial charge < -0.3 is 19.7 Å². The van der Waals surface area contributed by atoms with Gasteiger partial charge in [-0.05, 0) is 47.2 Å². The van der Waals surface area contributed by atoms with Crippen molar-refractivity contribution in [2.75, 3.05) is 46.4 Å². The van der Waals surface area contributed by atoms with Gasteiger partial charge in [0.2, 0.25) is 0 Å². The largest absolute Gasteiger partial charge is 0.444 e. The van der Waals surface area contributed by atoms with Gasteiger partial charge in [0.1, 0.15) is 5.60 Å². The first-order valence-electron chi connectivity index (χ1n) is 8.34. The van der Waals surface area contributed by atoms with Gasteiger partial charge in [-0.25, -0.2) is 4.79 Å². The Morgan fingerprint density at radius 2 is 2.14 bits per heavy atom. The maximum Gasteiger partial charge on any atom is 0.410 e. The second-order valence-corrected chi connectivity index (χ2v) is 7.41. The Labute approximate surface area is 134 Å². The quantitative estimate of drug-likeness (QED) is 0.851. The number of likely N-dealkylation sites (tertiary alicyclic amines) is 1. The van der Waals surface area contributed by atoms with E-state index in [4.69, 9.17) is 9.47 Å². The van der Waals surface area contributed by atoms with E-state index in [1.165, 1.54) is 19.4 Å². The number of carbonyl (C=O) groups excluding carboxylic acids is 1. The predicted octanol–water partition coefficient (Wildman–Crippen LogP) is 1.31. The summed E-state index contributed by atoms with van der Waals surface area (Å²) >= 11 is 0. The van der Waals surface area contributed by atoms with Crippen molar-refractivity contribution in [3.8, 4) is 0 Å². The van der Waals surface area contributed by atoms with E-state index < -0.39 is 5.60 Å². The fourth-order valence-corrected chi connectivity index (χ4v) is 3.02. The number of rotatable bonds is 3. The Bertz CT molecular complexity index is 370. The van der Waals surface area contributed by atoms with Crippen LogP contribution in [0.25, 0.3) is 0 Å². The van der Waals surface area contributed by atoms with Crippen LogP contribution in [0.15, 0.2) is 0 Å². The average molecular weight is 313 g/mol. The predicted molar refractivity (Wildman–Crippen MR) is 86.1 cm³/mol. The molecule has 2 heterocycles. The topological polar surface area (TPSA) is 54.0 Å². The lowest BCUT2D eigenvalue weighted by Crippen LogP contribution is -2.56. The number of nitrogens with one attached hydrogen (secondary N) is 1. The van der Waals surface area contributed by atoms with Gasteiger partial charge in [-0.3, -0.25) is 4.90 Å². The van der Waals surface area contributed by atoms with Crippen LogP contribution in [0.4, 0.5) is 4.79 Å². The lowest BCUT2D eigenvalue weighted by atomic mass is 10.1. The minimum atomic E-state index is -0.459. The molecular weight excluding hydrogens is 282 g/mol. The molecular formula is C16H31N3O3. The fourth-order valence-electron chi connectivity index (χ4n) is 3.02. The molecule has 0 aromatic rings. The standard InChI is InChI=1S/C16H31N3O3/c1-16(2,3)22-15(20)19-8-9-21-12-14(19)10-17-13-6-5-7-18(4)11-13/h13-14,17H,5-12H2,1-4H3. The van der Waals surface area contributed by atoms with E-state index in [1.54, 1.807) is 0 Å². The number of piperidine rings is 1. The third-order valence-corrected chi connectivity index (χ3v) is 4.12. The van der Waals surface area contributed by atoms with E-state index in [0.717, 1.165) is 13.1 Å². The average Bonchev–Trinajstić information content (AvgIpc) is 2.44. The van der Waals surface area contributed by atoms with Gasteiger partial charge in [-0.15, -0.1) is 0 Å². The molecule has 2 aliphatic heterocycles. The number of ether oxygens (including phenoxy) is 2. The fraction of sp³-hybridized carbons (Fsp3) is 0.938. The number of hydrogen-bond acceptors (Lipinski definition) is 5. The first kappa shape index (κ1) is 17.5. The monoisotopic (exact) mass is 313 g/mol. The molecule has 2 rings (SSSR count). The molecule has 0 aliphatic carbocycles. The van der Waals surface area contributed by atoms with E-state index in [2.05, 4.69) is 17.3 Å². The molecule has 0 spiro atoms. The summed E-state index contributed by atoms with van der Waals surface area (Å²) < 4.78 is 11.1.